The number of aliphatic hydroxyl groups excluding tert-OH is 3. The zero-order valence-electron chi connectivity index (χ0n) is 43.1. The smallest absolute Gasteiger partial charge is 0.490 e. The first kappa shape index (κ1) is 62.9. The molecule has 5 aliphatic rings. The fourth-order valence-electron chi connectivity index (χ4n) is 8.82. The minimum Gasteiger partial charge on any atom is -0.508 e. The number of nitrogens with two attached hydrogens (primary N) is 1. The summed E-state index contributed by atoms with van der Waals surface area (Å²) in [6.07, 6.45) is -10.2. The van der Waals surface area contributed by atoms with E-state index in [1.165, 1.54) is 25.2 Å². The van der Waals surface area contributed by atoms with Crippen LogP contribution in [-0.2, 0) is 43.2 Å². The van der Waals surface area contributed by atoms with Crippen molar-refractivity contribution in [2.24, 2.45) is 5.73 Å². The van der Waals surface area contributed by atoms with Gasteiger partial charge in [-0.1, -0.05) is 41.4 Å². The van der Waals surface area contributed by atoms with Gasteiger partial charge in [0.1, 0.15) is 77.2 Å². The van der Waals surface area contributed by atoms with E-state index >= 15 is 4.79 Å². The summed E-state index contributed by atoms with van der Waals surface area (Å²) < 4.78 is 43.9. The number of carbonyl (C=O) groups excluding carboxylic acids is 7. The van der Waals surface area contributed by atoms with Gasteiger partial charge in [-0.3, -0.25) is 33.6 Å². The molecule has 5 aliphatic heterocycles. The number of hydrogen-bond donors (Lipinski definition) is 17. The Balaban J connectivity index is 0.00000139. The van der Waals surface area contributed by atoms with Crippen LogP contribution in [0.25, 0.3) is 11.1 Å². The zero-order valence-corrected chi connectivity index (χ0v) is 44.6. The molecule has 85 heavy (non-hydrogen) atoms. The second-order valence-corrected chi connectivity index (χ2v) is 19.6. The molecule has 0 fully saturated rings. The number of aliphatic carboxylic acids is 2. The van der Waals surface area contributed by atoms with Crippen molar-refractivity contribution in [3.05, 3.63) is 117 Å². The van der Waals surface area contributed by atoms with E-state index < -0.39 is 178 Å². The van der Waals surface area contributed by atoms with E-state index in [1.54, 1.807) is 0 Å². The number of alkyl halides is 3. The summed E-state index contributed by atoms with van der Waals surface area (Å²) in [6, 6.07) is -0.381. The number of aliphatic hydroxyl groups is 3. The van der Waals surface area contributed by atoms with Crippen LogP contribution in [0.5, 0.6) is 46.0 Å². The number of phenolic OH excluding ortho intramolecular Hbond substituents is 4. The molecule has 5 heterocycles. The van der Waals surface area contributed by atoms with Gasteiger partial charge in [0.25, 0.3) is 0 Å². The largest absolute Gasteiger partial charge is 0.508 e. The molecule has 18 N–H and O–H groups in total. The van der Waals surface area contributed by atoms with Crippen molar-refractivity contribution in [1.82, 2.24) is 37.2 Å². The number of primary amides is 1. The first-order chi connectivity index (χ1) is 39.9. The summed E-state index contributed by atoms with van der Waals surface area (Å²) >= 11 is 13.4. The van der Waals surface area contributed by atoms with Gasteiger partial charge in [-0.05, 0) is 83.9 Å². The number of fused-ring (bicyclic) bond motifs is 15. The Morgan fingerprint density at radius 1 is 0.659 bits per heavy atom. The van der Waals surface area contributed by atoms with Crippen molar-refractivity contribution in [2.75, 3.05) is 13.7 Å². The van der Waals surface area contributed by atoms with Crippen LogP contribution in [0.1, 0.15) is 64.6 Å². The number of aromatic hydroxyl groups is 4. The molecule has 5 aromatic carbocycles. The molecule has 0 radical (unpaired) electrons. The predicted molar refractivity (Wildman–Crippen MR) is 281 cm³/mol. The molecule has 28 nitrogen and oxygen atoms in total. The van der Waals surface area contributed by atoms with Crippen LogP contribution in [0.3, 0.4) is 0 Å². The van der Waals surface area contributed by atoms with Crippen LogP contribution in [0.15, 0.2) is 78.9 Å². The molecule has 11 bridgehead atoms. The van der Waals surface area contributed by atoms with Crippen LogP contribution in [0, 0.1) is 0 Å². The Labute approximate surface area is 484 Å². The fraction of sp³-hybridized carbons (Fsp3) is 0.250. The number of nitrogens with one attached hydrogen (secondary N) is 7. The van der Waals surface area contributed by atoms with Crippen molar-refractivity contribution in [1.29, 1.82) is 0 Å². The van der Waals surface area contributed by atoms with Gasteiger partial charge in [0, 0.05) is 22.8 Å². The molecule has 33 heteroatoms. The molecule has 0 spiro atoms. The van der Waals surface area contributed by atoms with Crippen LogP contribution < -0.4 is 52.4 Å². The maximum atomic E-state index is 15.3. The molecule has 5 aromatic rings. The van der Waals surface area contributed by atoms with Gasteiger partial charge in [-0.25, -0.2) is 9.59 Å². The topological polar surface area (TPSA) is 464 Å². The van der Waals surface area contributed by atoms with E-state index in [1.807, 2.05) is 0 Å². The number of carboxylic acids is 2. The number of carbonyl (C=O) groups is 9. The SMILES string of the molecule is CN[C@H](CO)C(=O)N[C@H]1C(=O)N[C@@H](CC(N)=O)C(=O)N[C@H]2C(=O)N[C@H]3C(=O)N[C@H](C(=O)N[C@H](C(=O)O)c4cc(O)cc(O)c4-c4cc3ccc4O)[C@H](O)c3ccc(c(Cl)c3)Oc3cc2cc(c3O)Oc2ccc(cc2Cl)[C@H]1O.O=C(O)C(F)(F)F. The highest BCUT2D eigenvalue weighted by molar-refractivity contribution is 6.32. The van der Waals surface area contributed by atoms with Crippen molar-refractivity contribution in [3.63, 3.8) is 0 Å². The lowest BCUT2D eigenvalue weighted by Gasteiger charge is -2.31. The summed E-state index contributed by atoms with van der Waals surface area (Å²) in [6.45, 7) is -0.787. The molecule has 0 aromatic heterocycles. The number of rotatable bonds is 7. The molecule has 9 atom stereocenters. The quantitative estimate of drug-likeness (QED) is 0.108. The van der Waals surface area contributed by atoms with Crippen LogP contribution in [0.2, 0.25) is 10.0 Å². The Hall–Kier alpha value is -9.66. The second-order valence-electron chi connectivity index (χ2n) is 18.7. The summed E-state index contributed by atoms with van der Waals surface area (Å²) in [7, 11) is 1.31. The van der Waals surface area contributed by atoms with E-state index in [0.29, 0.717) is 0 Å². The van der Waals surface area contributed by atoms with Crippen LogP contribution in [0.4, 0.5) is 13.2 Å². The number of carboxylic acid groups (broad SMARTS) is 2. The van der Waals surface area contributed by atoms with Crippen LogP contribution >= 0.6 is 23.2 Å². The number of ether oxygens (including phenoxy) is 2. The number of amides is 7. The second kappa shape index (κ2) is 25.5. The molecule has 0 aliphatic carbocycles. The van der Waals surface area contributed by atoms with E-state index in [0.717, 1.165) is 60.7 Å². The lowest BCUT2D eigenvalue weighted by Crippen LogP contribution is -2.59. The standard InChI is InChI=1S/C50H46Cl2N8O18.C2HF3O2/c1-54-27(16-61)45(70)59-39-41(66)18-3-6-30(24(51)9-18)77-32-11-20-12-33(43(32)68)78-31-7-4-19(10-25(31)52)42(67)40-49(74)58-38(50(75)76)23-13-21(62)14-29(64)35(23)22-8-17(2-5-28(22)63)36(46(71)60-40)57-47(72)37(20)56-44(69)26(15-34(53)65)55-48(39)73;3-2(4,5)1(6)7/h2-14,26-27,36-42,54,61-64,66-68H,15-16H2,1H3,(H2,53,65)(H,55,73)(H,56,69)(H,57,72)(H,58,74)(H,59,70)(H,60,71)(H,75,76);(H,6,7)/t26-,27+,36+,37+,38-,39+,40-,41+,42+;/m0./s1. The van der Waals surface area contributed by atoms with E-state index in [2.05, 4.69) is 37.2 Å². The highest BCUT2D eigenvalue weighted by Crippen LogP contribution is 2.47. The number of likely N-dealkylation sites (N-methyl/N-ethyl adjacent to an activating group) is 1. The van der Waals surface area contributed by atoms with Gasteiger partial charge < -0.3 is 98.4 Å². The van der Waals surface area contributed by atoms with Gasteiger partial charge in [-0.15, -0.1) is 0 Å². The maximum Gasteiger partial charge on any atom is 0.490 e. The Morgan fingerprint density at radius 2 is 1.20 bits per heavy atom. The zero-order chi connectivity index (χ0) is 62.7. The first-order valence-electron chi connectivity index (χ1n) is 24.4. The van der Waals surface area contributed by atoms with Crippen LogP contribution in [-0.4, -0.2) is 143 Å². The van der Waals surface area contributed by atoms with Gasteiger partial charge in [-0.2, -0.15) is 13.2 Å². The predicted octanol–water partition coefficient (Wildman–Crippen LogP) is 0.975. The van der Waals surface area contributed by atoms with E-state index in [-0.39, 0.29) is 43.8 Å². The molecule has 10 rings (SSSR count). The van der Waals surface area contributed by atoms with Crippen molar-refractivity contribution >= 4 is 76.5 Å². The third kappa shape index (κ3) is 13.9. The van der Waals surface area contributed by atoms with E-state index in [9.17, 15) is 87.6 Å². The number of phenols is 4. The molecule has 0 unspecified atom stereocenters. The fourth-order valence-corrected chi connectivity index (χ4v) is 9.27. The summed E-state index contributed by atoms with van der Waals surface area (Å²) in [5.41, 5.74) is 3.10. The third-order valence-corrected chi connectivity index (χ3v) is 13.6. The highest BCUT2D eigenvalue weighted by Gasteiger charge is 2.42. The molecule has 0 saturated carbocycles. The Bertz CT molecular complexity index is 3560. The minimum absolute atomic E-state index is 0.135. The van der Waals surface area contributed by atoms with Crippen molar-refractivity contribution in [3.8, 4) is 57.1 Å². The first-order valence-corrected chi connectivity index (χ1v) is 25.2. The molecule has 450 valence electrons. The number of hydrogen-bond acceptors (Lipinski definition) is 19. The Kier molecular flexibility index (Phi) is 18.8. The maximum absolute atomic E-state index is 15.3. The average molecular weight is 1230 g/mol. The molecular weight excluding hydrogens is 1180 g/mol. The van der Waals surface area contributed by atoms with Gasteiger partial charge in [0.05, 0.1) is 23.1 Å². The minimum atomic E-state index is -5.08. The number of benzene rings is 5. The molecular formula is C52H47Cl2F3N8O20. The lowest BCUT2D eigenvalue weighted by molar-refractivity contribution is -0.192. The highest BCUT2D eigenvalue weighted by atomic mass is 35.5. The Morgan fingerprint density at radius 3 is 1.73 bits per heavy atom. The molecule has 7 amide bonds. The van der Waals surface area contributed by atoms with Crippen molar-refractivity contribution in [2.45, 2.75) is 67.1 Å². The van der Waals surface area contributed by atoms with Gasteiger partial charge in [0.15, 0.2) is 17.5 Å². The monoisotopic (exact) mass is 1230 g/mol. The van der Waals surface area contributed by atoms with Gasteiger partial charge in [0.2, 0.25) is 47.1 Å². The summed E-state index contributed by atoms with van der Waals surface area (Å²) in [5.74, 6) is -18.3. The van der Waals surface area contributed by atoms with E-state index in [4.69, 9.17) is 48.3 Å². The third-order valence-electron chi connectivity index (χ3n) is 13.0. The summed E-state index contributed by atoms with van der Waals surface area (Å²) in [4.78, 5) is 121. The van der Waals surface area contributed by atoms with Crippen molar-refractivity contribution < 1.29 is 112 Å². The van der Waals surface area contributed by atoms with Gasteiger partial charge >= 0.3 is 18.1 Å². The average Bonchev–Trinajstić information content (AvgIpc) is 1.80. The summed E-state index contributed by atoms with van der Waals surface area (Å²) in [5, 5.41) is 112. The lowest BCUT2D eigenvalue weighted by atomic mass is 9.89. The molecule has 0 saturated heterocycles. The number of halogens is 5. The normalized spacial score (nSPS) is 21.7.